The highest BCUT2D eigenvalue weighted by atomic mass is 15.2. The fourth-order valence-corrected chi connectivity index (χ4v) is 2.96. The van der Waals surface area contributed by atoms with Crippen molar-refractivity contribution in [1.29, 1.82) is 0 Å². The van der Waals surface area contributed by atoms with Crippen LogP contribution in [0.5, 0.6) is 0 Å². The fourth-order valence-electron chi connectivity index (χ4n) is 2.96. The van der Waals surface area contributed by atoms with Crippen LogP contribution in [0.25, 0.3) is 0 Å². The van der Waals surface area contributed by atoms with Gasteiger partial charge in [-0.05, 0) is 43.7 Å². The van der Waals surface area contributed by atoms with Gasteiger partial charge in [-0.3, -0.25) is 11.3 Å². The fraction of sp³-hybridized carbons (Fsp3) is 0.500. The van der Waals surface area contributed by atoms with Gasteiger partial charge in [0, 0.05) is 18.4 Å². The minimum Gasteiger partial charge on any atom is -0.271 e. The van der Waals surface area contributed by atoms with Crippen molar-refractivity contribution in [2.75, 3.05) is 0 Å². The van der Waals surface area contributed by atoms with Gasteiger partial charge in [-0.25, -0.2) is 0 Å². The normalized spacial score (nSPS) is 19.6. The van der Waals surface area contributed by atoms with Gasteiger partial charge in [-0.15, -0.1) is 11.8 Å². The van der Waals surface area contributed by atoms with Crippen LogP contribution in [0.3, 0.4) is 0 Å². The summed E-state index contributed by atoms with van der Waals surface area (Å²) in [5.74, 6) is 12.4. The molecule has 0 spiro atoms. The third kappa shape index (κ3) is 2.93. The lowest BCUT2D eigenvalue weighted by Gasteiger charge is -2.31. The van der Waals surface area contributed by atoms with Crippen LogP contribution in [-0.2, 0) is 6.42 Å². The van der Waals surface area contributed by atoms with Crippen molar-refractivity contribution in [3.63, 3.8) is 0 Å². The van der Waals surface area contributed by atoms with Crippen molar-refractivity contribution in [3.05, 3.63) is 35.4 Å². The third-order valence-electron chi connectivity index (χ3n) is 3.87. The first-order valence-corrected chi connectivity index (χ1v) is 6.80. The van der Waals surface area contributed by atoms with Crippen molar-refractivity contribution < 1.29 is 0 Å². The molecular weight excluding hydrogens is 220 g/mol. The van der Waals surface area contributed by atoms with Crippen LogP contribution in [0, 0.1) is 11.8 Å². The first-order valence-electron chi connectivity index (χ1n) is 6.80. The van der Waals surface area contributed by atoms with Crippen molar-refractivity contribution in [3.8, 4) is 11.8 Å². The second-order valence-corrected chi connectivity index (χ2v) is 4.94. The number of nitrogens with two attached hydrogens (primary N) is 1. The summed E-state index contributed by atoms with van der Waals surface area (Å²) in [4.78, 5) is 0. The molecule has 0 heterocycles. The van der Waals surface area contributed by atoms with E-state index < -0.39 is 0 Å². The number of hydrogen-bond donors (Lipinski definition) is 2. The lowest BCUT2D eigenvalue weighted by Crippen LogP contribution is -2.40. The maximum absolute atomic E-state index is 5.74. The molecule has 1 aromatic rings. The molecule has 0 radical (unpaired) electrons. The van der Waals surface area contributed by atoms with Crippen molar-refractivity contribution in [2.45, 2.75) is 51.0 Å². The summed E-state index contributed by atoms with van der Waals surface area (Å²) in [6, 6.07) is 9.12. The third-order valence-corrected chi connectivity index (χ3v) is 3.87. The summed E-state index contributed by atoms with van der Waals surface area (Å²) < 4.78 is 0. The van der Waals surface area contributed by atoms with E-state index in [9.17, 15) is 0 Å². The van der Waals surface area contributed by atoms with Crippen molar-refractivity contribution in [2.24, 2.45) is 5.84 Å². The molecule has 0 saturated heterocycles. The van der Waals surface area contributed by atoms with Crippen molar-refractivity contribution >= 4 is 0 Å². The van der Waals surface area contributed by atoms with Gasteiger partial charge in [0.2, 0.25) is 0 Å². The standard InChI is InChI=1S/C16H22N2/c1-2-3-4-12-16(18-17)15-11-7-9-13-8-5-6-10-14(13)15/h5-6,8,10,15-16,18H,4,7,9,11-12,17H2,1H3. The maximum Gasteiger partial charge on any atom is 0.0288 e. The first kappa shape index (κ1) is 13.1. The van der Waals surface area contributed by atoms with Crippen LogP contribution in [-0.4, -0.2) is 6.04 Å². The average molecular weight is 242 g/mol. The lowest BCUT2D eigenvalue weighted by atomic mass is 9.78. The molecule has 2 nitrogen and oxygen atoms in total. The second kappa shape index (κ2) is 6.58. The maximum atomic E-state index is 5.74. The Hall–Kier alpha value is -1.30. The molecule has 0 aliphatic heterocycles. The molecule has 0 saturated carbocycles. The van der Waals surface area contributed by atoms with Crippen LogP contribution < -0.4 is 11.3 Å². The summed E-state index contributed by atoms with van der Waals surface area (Å²) in [6.07, 6.45) is 5.64. The number of hydrazine groups is 1. The molecule has 1 aliphatic carbocycles. The Morgan fingerprint density at radius 1 is 1.44 bits per heavy atom. The van der Waals surface area contributed by atoms with E-state index in [2.05, 4.69) is 41.5 Å². The zero-order chi connectivity index (χ0) is 12.8. The highest BCUT2D eigenvalue weighted by molar-refractivity contribution is 5.33. The Labute approximate surface area is 110 Å². The Morgan fingerprint density at radius 2 is 2.28 bits per heavy atom. The van der Waals surface area contributed by atoms with E-state index in [1.807, 2.05) is 6.92 Å². The van der Waals surface area contributed by atoms with Gasteiger partial charge in [0.25, 0.3) is 0 Å². The van der Waals surface area contributed by atoms with E-state index in [0.29, 0.717) is 12.0 Å². The number of fused-ring (bicyclic) bond motifs is 1. The minimum atomic E-state index is 0.340. The zero-order valence-corrected chi connectivity index (χ0v) is 11.1. The van der Waals surface area contributed by atoms with Gasteiger partial charge in [0.05, 0.1) is 0 Å². The first-order chi connectivity index (χ1) is 8.86. The van der Waals surface area contributed by atoms with Gasteiger partial charge in [-0.1, -0.05) is 24.3 Å². The smallest absolute Gasteiger partial charge is 0.0288 e. The molecule has 2 rings (SSSR count). The Balaban J connectivity index is 2.13. The molecule has 0 bridgehead atoms. The molecule has 0 fully saturated rings. The molecule has 2 heteroatoms. The predicted molar refractivity (Wildman–Crippen MR) is 75.9 cm³/mol. The lowest BCUT2D eigenvalue weighted by molar-refractivity contribution is 0.381. The molecule has 2 atom stereocenters. The van der Waals surface area contributed by atoms with Crippen LogP contribution >= 0.6 is 0 Å². The molecule has 0 amide bonds. The molecule has 1 aliphatic rings. The Bertz CT molecular complexity index is 442. The molecule has 2 unspecified atom stereocenters. The van der Waals surface area contributed by atoms with Crippen LogP contribution in [0.4, 0.5) is 0 Å². The largest absolute Gasteiger partial charge is 0.271 e. The molecule has 18 heavy (non-hydrogen) atoms. The number of benzene rings is 1. The Morgan fingerprint density at radius 3 is 3.06 bits per heavy atom. The van der Waals surface area contributed by atoms with Gasteiger partial charge in [-0.2, -0.15) is 0 Å². The second-order valence-electron chi connectivity index (χ2n) is 4.94. The SMILES string of the molecule is CC#CCCC(NN)C1CCCc2ccccc21. The van der Waals surface area contributed by atoms with Gasteiger partial charge < -0.3 is 0 Å². The molecule has 3 N–H and O–H groups in total. The number of rotatable bonds is 4. The average Bonchev–Trinajstić information content (AvgIpc) is 2.43. The van der Waals surface area contributed by atoms with Crippen LogP contribution in [0.1, 0.15) is 49.7 Å². The predicted octanol–water partition coefficient (Wildman–Crippen LogP) is 2.74. The number of hydrogen-bond acceptors (Lipinski definition) is 2. The monoisotopic (exact) mass is 242 g/mol. The quantitative estimate of drug-likeness (QED) is 0.484. The number of aryl methyl sites for hydroxylation is 1. The summed E-state index contributed by atoms with van der Waals surface area (Å²) >= 11 is 0. The van der Waals surface area contributed by atoms with Crippen LogP contribution in [0.2, 0.25) is 0 Å². The molecular formula is C16H22N2. The zero-order valence-electron chi connectivity index (χ0n) is 11.1. The van der Waals surface area contributed by atoms with Crippen LogP contribution in [0.15, 0.2) is 24.3 Å². The summed E-state index contributed by atoms with van der Waals surface area (Å²) in [5, 5.41) is 0. The molecule has 96 valence electrons. The summed E-state index contributed by atoms with van der Waals surface area (Å²) in [5.41, 5.74) is 5.98. The number of nitrogens with one attached hydrogen (secondary N) is 1. The van der Waals surface area contributed by atoms with E-state index in [0.717, 1.165) is 12.8 Å². The highest BCUT2D eigenvalue weighted by Crippen LogP contribution is 2.34. The van der Waals surface area contributed by atoms with E-state index in [-0.39, 0.29) is 0 Å². The van der Waals surface area contributed by atoms with Gasteiger partial charge >= 0.3 is 0 Å². The van der Waals surface area contributed by atoms with E-state index in [4.69, 9.17) is 5.84 Å². The highest BCUT2D eigenvalue weighted by Gasteiger charge is 2.26. The van der Waals surface area contributed by atoms with E-state index >= 15 is 0 Å². The minimum absolute atomic E-state index is 0.340. The summed E-state index contributed by atoms with van der Waals surface area (Å²) in [6.45, 7) is 1.89. The topological polar surface area (TPSA) is 38.0 Å². The van der Waals surface area contributed by atoms with Gasteiger partial charge in [0.15, 0.2) is 0 Å². The van der Waals surface area contributed by atoms with E-state index in [1.165, 1.54) is 30.4 Å². The molecule has 1 aromatic carbocycles. The molecule has 0 aromatic heterocycles. The summed E-state index contributed by atoms with van der Waals surface area (Å²) in [7, 11) is 0. The van der Waals surface area contributed by atoms with E-state index in [1.54, 1.807) is 0 Å². The van der Waals surface area contributed by atoms with Crippen molar-refractivity contribution in [1.82, 2.24) is 5.43 Å². The van der Waals surface area contributed by atoms with Gasteiger partial charge in [0.1, 0.15) is 0 Å². The Kier molecular flexibility index (Phi) is 4.81.